The van der Waals surface area contributed by atoms with Crippen LogP contribution in [0.5, 0.6) is 0 Å². The van der Waals surface area contributed by atoms with E-state index >= 15 is 0 Å². The lowest BCUT2D eigenvalue weighted by molar-refractivity contribution is 1.69. The zero-order chi connectivity index (χ0) is 35.3. The van der Waals surface area contributed by atoms with Crippen LogP contribution in [0.2, 0.25) is 0 Å². The fourth-order valence-electron chi connectivity index (χ4n) is 9.43. The maximum Gasteiger partial charge on any atom is -0.00143 e. The lowest BCUT2D eigenvalue weighted by atomic mass is 9.87. The Bertz CT molecular complexity index is 3320. The highest BCUT2D eigenvalue weighted by molar-refractivity contribution is 6.31. The van der Waals surface area contributed by atoms with Gasteiger partial charge in [0.2, 0.25) is 0 Å². The Morgan fingerprint density at radius 3 is 0.944 bits per heavy atom. The summed E-state index contributed by atoms with van der Waals surface area (Å²) in [5.74, 6) is 0. The van der Waals surface area contributed by atoms with E-state index in [2.05, 4.69) is 194 Å². The van der Waals surface area contributed by atoms with Crippen molar-refractivity contribution in [1.29, 1.82) is 0 Å². The molecule has 0 saturated carbocycles. The lowest BCUT2D eigenvalue weighted by Gasteiger charge is -2.17. The number of hydrogen-bond acceptors (Lipinski definition) is 0. The zero-order valence-corrected chi connectivity index (χ0v) is 29.5. The van der Waals surface area contributed by atoms with E-state index in [0.29, 0.717) is 0 Å². The summed E-state index contributed by atoms with van der Waals surface area (Å²) in [6.45, 7) is 0. The second-order valence-electron chi connectivity index (χ2n) is 14.8. The number of rotatable bonds is 2. The Balaban J connectivity index is 1.12. The monoisotopic (exact) mass is 680 g/mol. The van der Waals surface area contributed by atoms with Crippen LogP contribution in [0.4, 0.5) is 0 Å². The molecule has 248 valence electrons. The van der Waals surface area contributed by atoms with E-state index < -0.39 is 0 Å². The van der Waals surface area contributed by atoms with Gasteiger partial charge in [-0.3, -0.25) is 0 Å². The van der Waals surface area contributed by atoms with Crippen LogP contribution in [0.25, 0.3) is 119 Å². The minimum atomic E-state index is 1.23. The van der Waals surface area contributed by atoms with Gasteiger partial charge in [-0.1, -0.05) is 170 Å². The first-order valence-electron chi connectivity index (χ1n) is 18.8. The third-order valence-electron chi connectivity index (χ3n) is 11.9. The van der Waals surface area contributed by atoms with Gasteiger partial charge >= 0.3 is 0 Å². The first-order valence-corrected chi connectivity index (χ1v) is 18.8. The van der Waals surface area contributed by atoms with E-state index in [0.717, 1.165) is 0 Å². The van der Waals surface area contributed by atoms with E-state index in [1.165, 1.54) is 119 Å². The molecule has 0 radical (unpaired) electrons. The van der Waals surface area contributed by atoms with Crippen molar-refractivity contribution in [3.8, 4) is 22.3 Å². The van der Waals surface area contributed by atoms with Crippen molar-refractivity contribution < 1.29 is 0 Å². The van der Waals surface area contributed by atoms with Gasteiger partial charge in [-0.05, 0) is 143 Å². The molecule has 0 aromatic heterocycles. The van der Waals surface area contributed by atoms with Crippen molar-refractivity contribution in [2.45, 2.75) is 0 Å². The minimum Gasteiger partial charge on any atom is -0.0616 e. The lowest BCUT2D eigenvalue weighted by Crippen LogP contribution is -1.89. The summed E-state index contributed by atoms with van der Waals surface area (Å²) < 4.78 is 0. The van der Waals surface area contributed by atoms with Crippen LogP contribution in [0, 0.1) is 0 Å². The predicted octanol–water partition coefficient (Wildman–Crippen LogP) is 15.4. The molecule has 0 unspecified atom stereocenters. The Labute approximate surface area is 312 Å². The van der Waals surface area contributed by atoms with Gasteiger partial charge in [-0.2, -0.15) is 0 Å². The van der Waals surface area contributed by atoms with Crippen molar-refractivity contribution >= 4 is 97.0 Å². The molecule has 12 aromatic carbocycles. The highest BCUT2D eigenvalue weighted by Gasteiger charge is 2.17. The molecule has 0 bridgehead atoms. The topological polar surface area (TPSA) is 0 Å². The summed E-state index contributed by atoms with van der Waals surface area (Å²) in [6, 6.07) is 72.5. The molecule has 0 aliphatic rings. The van der Waals surface area contributed by atoms with Gasteiger partial charge in [0.1, 0.15) is 0 Å². The SMILES string of the molecule is c1ccc2c(c1)ccc1cc(-c3ccc4ccc(-c5cc6ccc7ccccc7c6c6c5ccc5ccccc56)cc4c3)c3ccc4ccccc4c3c12. The first-order chi connectivity index (χ1) is 26.8. The molecule has 0 atom stereocenters. The van der Waals surface area contributed by atoms with Gasteiger partial charge in [-0.25, -0.2) is 0 Å². The average molecular weight is 681 g/mol. The van der Waals surface area contributed by atoms with E-state index in [1.54, 1.807) is 0 Å². The zero-order valence-electron chi connectivity index (χ0n) is 29.5. The van der Waals surface area contributed by atoms with Crippen molar-refractivity contribution in [2.75, 3.05) is 0 Å². The van der Waals surface area contributed by atoms with Gasteiger partial charge in [0.15, 0.2) is 0 Å². The Morgan fingerprint density at radius 1 is 0.185 bits per heavy atom. The second kappa shape index (κ2) is 11.2. The van der Waals surface area contributed by atoms with Crippen LogP contribution < -0.4 is 0 Å². The molecule has 0 aliphatic carbocycles. The molecule has 0 spiro atoms. The normalized spacial score (nSPS) is 12.1. The molecule has 0 amide bonds. The van der Waals surface area contributed by atoms with E-state index in [1.807, 2.05) is 0 Å². The van der Waals surface area contributed by atoms with Crippen molar-refractivity contribution in [3.63, 3.8) is 0 Å². The molecule has 12 rings (SSSR count). The van der Waals surface area contributed by atoms with Gasteiger partial charge < -0.3 is 0 Å². The van der Waals surface area contributed by atoms with Crippen molar-refractivity contribution in [2.24, 2.45) is 0 Å². The maximum absolute atomic E-state index is 2.41. The van der Waals surface area contributed by atoms with Crippen LogP contribution in [-0.4, -0.2) is 0 Å². The Morgan fingerprint density at radius 2 is 0.519 bits per heavy atom. The number of fused-ring (bicyclic) bond motifs is 15. The van der Waals surface area contributed by atoms with Crippen molar-refractivity contribution in [3.05, 3.63) is 194 Å². The second-order valence-corrected chi connectivity index (χ2v) is 14.8. The summed E-state index contributed by atoms with van der Waals surface area (Å²) in [7, 11) is 0. The van der Waals surface area contributed by atoms with Crippen LogP contribution >= 0.6 is 0 Å². The largest absolute Gasteiger partial charge is 0.0616 e. The van der Waals surface area contributed by atoms with Gasteiger partial charge in [0, 0.05) is 0 Å². The fraction of sp³-hybridized carbons (Fsp3) is 0. The highest BCUT2D eigenvalue weighted by Crippen LogP contribution is 2.44. The smallest absolute Gasteiger partial charge is 0.00143 e. The molecule has 12 aromatic rings. The molecular weight excluding hydrogens is 649 g/mol. The summed E-state index contributed by atoms with van der Waals surface area (Å²) in [4.78, 5) is 0. The number of hydrogen-bond donors (Lipinski definition) is 0. The molecular formula is C54H32. The molecule has 0 heterocycles. The van der Waals surface area contributed by atoms with Crippen LogP contribution in [0.15, 0.2) is 194 Å². The standard InChI is InChI=1S/C54H32/c1-5-13-43-34(9-1)19-23-40-31-49(47-27-25-36-11-3-7-15-45(36)53(47)51(40)43)38-21-17-33-18-22-39(30-42(33)29-38)50-32-41-24-20-35-10-2-6-14-44(35)52(41)54-46-16-8-4-12-37(46)26-28-48(50)54/h1-32H. The molecule has 0 heteroatoms. The van der Waals surface area contributed by atoms with Crippen molar-refractivity contribution in [1.82, 2.24) is 0 Å². The maximum atomic E-state index is 2.41. The van der Waals surface area contributed by atoms with Gasteiger partial charge in [0.05, 0.1) is 0 Å². The number of benzene rings is 12. The fourth-order valence-corrected chi connectivity index (χ4v) is 9.43. The predicted molar refractivity (Wildman–Crippen MR) is 235 cm³/mol. The van der Waals surface area contributed by atoms with Gasteiger partial charge in [-0.15, -0.1) is 0 Å². The van der Waals surface area contributed by atoms with E-state index in [9.17, 15) is 0 Å². The molecule has 54 heavy (non-hydrogen) atoms. The van der Waals surface area contributed by atoms with E-state index in [-0.39, 0.29) is 0 Å². The summed E-state index contributed by atoms with van der Waals surface area (Å²) in [5, 5.41) is 23.2. The van der Waals surface area contributed by atoms with Gasteiger partial charge in [0.25, 0.3) is 0 Å². The highest BCUT2D eigenvalue weighted by atomic mass is 14.2. The average Bonchev–Trinajstić information content (AvgIpc) is 3.24. The van der Waals surface area contributed by atoms with Crippen LogP contribution in [0.3, 0.4) is 0 Å². The van der Waals surface area contributed by atoms with Crippen LogP contribution in [-0.2, 0) is 0 Å². The van der Waals surface area contributed by atoms with Crippen LogP contribution in [0.1, 0.15) is 0 Å². The Hall–Kier alpha value is -7.02. The summed E-state index contributed by atoms with van der Waals surface area (Å²) in [6.07, 6.45) is 0. The van der Waals surface area contributed by atoms with E-state index in [4.69, 9.17) is 0 Å². The molecule has 0 saturated heterocycles. The first kappa shape index (κ1) is 29.5. The molecule has 0 nitrogen and oxygen atoms in total. The molecule has 0 N–H and O–H groups in total. The molecule has 0 fully saturated rings. The third-order valence-corrected chi connectivity index (χ3v) is 11.9. The quantitative estimate of drug-likeness (QED) is 0.159. The minimum absolute atomic E-state index is 1.23. The molecule has 0 aliphatic heterocycles. The summed E-state index contributed by atoms with van der Waals surface area (Å²) in [5.41, 5.74) is 4.99. The summed E-state index contributed by atoms with van der Waals surface area (Å²) >= 11 is 0. The Kier molecular flexibility index (Phi) is 6.15. The third kappa shape index (κ3) is 4.26.